The van der Waals surface area contributed by atoms with Crippen molar-refractivity contribution in [3.63, 3.8) is 0 Å². The number of aryl methyl sites for hydroxylation is 1. The van der Waals surface area contributed by atoms with Crippen molar-refractivity contribution in [2.24, 2.45) is 7.05 Å². The number of thiazole rings is 1. The molecule has 0 fully saturated rings. The first kappa shape index (κ1) is 19.2. The molecule has 0 saturated heterocycles. The van der Waals surface area contributed by atoms with E-state index in [0.717, 1.165) is 23.0 Å². The van der Waals surface area contributed by atoms with E-state index in [4.69, 9.17) is 11.6 Å². The highest BCUT2D eigenvalue weighted by atomic mass is 35.5. The Balaban J connectivity index is 1.76. The predicted molar refractivity (Wildman–Crippen MR) is 108 cm³/mol. The Bertz CT molecular complexity index is 1270. The summed E-state index contributed by atoms with van der Waals surface area (Å²) in [6.45, 7) is 0. The summed E-state index contributed by atoms with van der Waals surface area (Å²) in [5, 5.41) is 7.17. The van der Waals surface area contributed by atoms with Crippen LogP contribution in [0.5, 0.6) is 0 Å². The molecule has 0 radical (unpaired) electrons. The second-order valence-corrected chi connectivity index (χ2v) is 7.98. The molecule has 29 heavy (non-hydrogen) atoms. The van der Waals surface area contributed by atoms with Crippen LogP contribution in [0.4, 0.5) is 9.52 Å². The molecule has 0 saturated carbocycles. The molecule has 0 aliphatic carbocycles. The average Bonchev–Trinajstić information content (AvgIpc) is 3.28. The number of anilines is 1. The Morgan fingerprint density at radius 3 is 2.86 bits per heavy atom. The van der Waals surface area contributed by atoms with Crippen LogP contribution in [-0.2, 0) is 18.3 Å². The van der Waals surface area contributed by atoms with Gasteiger partial charge in [-0.05, 0) is 23.8 Å². The molecule has 3 aromatic heterocycles. The molecule has 4 rings (SSSR count). The van der Waals surface area contributed by atoms with E-state index >= 15 is 0 Å². The lowest BCUT2D eigenvalue weighted by molar-refractivity contribution is -0.119. The Labute approximate surface area is 172 Å². The van der Waals surface area contributed by atoms with E-state index in [1.807, 2.05) is 0 Å². The van der Waals surface area contributed by atoms with Crippen molar-refractivity contribution in [2.75, 3.05) is 5.32 Å². The van der Waals surface area contributed by atoms with Gasteiger partial charge in [0, 0.05) is 19.7 Å². The van der Waals surface area contributed by atoms with Gasteiger partial charge in [-0.2, -0.15) is 5.10 Å². The number of rotatable bonds is 5. The Morgan fingerprint density at radius 1 is 1.34 bits per heavy atom. The Kier molecular flexibility index (Phi) is 5.12. The summed E-state index contributed by atoms with van der Waals surface area (Å²) in [5.74, 6) is -1.03. The highest BCUT2D eigenvalue weighted by Crippen LogP contribution is 2.24. The summed E-state index contributed by atoms with van der Waals surface area (Å²) in [6.07, 6.45) is 6.25. The van der Waals surface area contributed by atoms with Crippen LogP contribution >= 0.6 is 22.9 Å². The maximum absolute atomic E-state index is 13.7. The van der Waals surface area contributed by atoms with Gasteiger partial charge < -0.3 is 5.32 Å². The number of carbonyl (C=O) groups excluding carboxylic acids is 1. The van der Waals surface area contributed by atoms with Crippen LogP contribution in [0.3, 0.4) is 0 Å². The van der Waals surface area contributed by atoms with Crippen LogP contribution in [0.1, 0.15) is 11.6 Å². The Hall–Kier alpha value is -3.11. The summed E-state index contributed by atoms with van der Waals surface area (Å²) in [5.41, 5.74) is 0.576. The zero-order valence-corrected chi connectivity index (χ0v) is 16.6. The van der Waals surface area contributed by atoms with E-state index < -0.39 is 23.3 Å². The summed E-state index contributed by atoms with van der Waals surface area (Å²) in [4.78, 5) is 34.2. The van der Waals surface area contributed by atoms with Crippen LogP contribution in [-0.4, -0.2) is 30.2 Å². The quantitative estimate of drug-likeness (QED) is 0.523. The molecule has 148 valence electrons. The van der Waals surface area contributed by atoms with Gasteiger partial charge in [0.1, 0.15) is 16.2 Å². The van der Waals surface area contributed by atoms with Crippen molar-refractivity contribution in [3.05, 3.63) is 69.2 Å². The summed E-state index contributed by atoms with van der Waals surface area (Å²) < 4.78 is 16.9. The molecular weight excluding hydrogens is 419 g/mol. The zero-order chi connectivity index (χ0) is 20.5. The molecule has 1 N–H and O–H groups in total. The van der Waals surface area contributed by atoms with Crippen LogP contribution in [0.25, 0.3) is 10.9 Å². The zero-order valence-electron chi connectivity index (χ0n) is 15.0. The van der Waals surface area contributed by atoms with Crippen molar-refractivity contribution in [2.45, 2.75) is 12.5 Å². The molecule has 0 spiro atoms. The van der Waals surface area contributed by atoms with Crippen molar-refractivity contribution in [1.82, 2.24) is 24.3 Å². The molecule has 1 unspecified atom stereocenters. The number of nitrogens with zero attached hydrogens (tertiary/aromatic N) is 5. The van der Waals surface area contributed by atoms with Gasteiger partial charge in [-0.15, -0.1) is 0 Å². The maximum atomic E-state index is 13.7. The number of amides is 1. The molecule has 8 nitrogen and oxygen atoms in total. The first-order valence-corrected chi connectivity index (χ1v) is 9.66. The number of benzene rings is 1. The van der Waals surface area contributed by atoms with Gasteiger partial charge in [-0.3, -0.25) is 18.8 Å². The van der Waals surface area contributed by atoms with Gasteiger partial charge in [0.05, 0.1) is 29.6 Å². The molecule has 1 amide bonds. The maximum Gasteiger partial charge on any atom is 0.262 e. The SMILES string of the molecule is Cn1cc(CC(C(=O)Nc2ncc(Cl)s2)n2cnc3ccc(F)cc3c2=O)cn1. The lowest BCUT2D eigenvalue weighted by Gasteiger charge is -2.18. The molecule has 0 bridgehead atoms. The normalized spacial score (nSPS) is 12.2. The molecular formula is C18H14ClFN6O2S. The fourth-order valence-electron chi connectivity index (χ4n) is 2.95. The van der Waals surface area contributed by atoms with Gasteiger partial charge in [-0.1, -0.05) is 22.9 Å². The predicted octanol–water partition coefficient (Wildman–Crippen LogP) is 2.80. The second-order valence-electron chi connectivity index (χ2n) is 6.32. The van der Waals surface area contributed by atoms with Crippen molar-refractivity contribution < 1.29 is 9.18 Å². The van der Waals surface area contributed by atoms with Gasteiger partial charge >= 0.3 is 0 Å². The van der Waals surface area contributed by atoms with Crippen LogP contribution in [0, 0.1) is 5.82 Å². The fraction of sp³-hybridized carbons (Fsp3) is 0.167. The minimum atomic E-state index is -0.949. The summed E-state index contributed by atoms with van der Waals surface area (Å²) >= 11 is 6.97. The largest absolute Gasteiger partial charge is 0.300 e. The molecule has 0 aliphatic heterocycles. The van der Waals surface area contributed by atoms with E-state index in [-0.39, 0.29) is 11.8 Å². The molecule has 0 aliphatic rings. The van der Waals surface area contributed by atoms with E-state index in [1.165, 1.54) is 29.2 Å². The molecule has 4 aromatic rings. The van der Waals surface area contributed by atoms with Gasteiger partial charge in [0.2, 0.25) is 5.91 Å². The lowest BCUT2D eigenvalue weighted by Crippen LogP contribution is -2.35. The molecule has 3 heterocycles. The van der Waals surface area contributed by atoms with Crippen molar-refractivity contribution in [1.29, 1.82) is 0 Å². The number of halogens is 2. The van der Waals surface area contributed by atoms with Gasteiger partial charge in [-0.25, -0.2) is 14.4 Å². The second kappa shape index (κ2) is 7.72. The lowest BCUT2D eigenvalue weighted by atomic mass is 10.1. The number of hydrogen-bond acceptors (Lipinski definition) is 6. The van der Waals surface area contributed by atoms with Crippen LogP contribution < -0.4 is 10.9 Å². The third kappa shape index (κ3) is 4.03. The number of carbonyl (C=O) groups is 1. The van der Waals surface area contributed by atoms with E-state index in [9.17, 15) is 14.0 Å². The van der Waals surface area contributed by atoms with E-state index in [0.29, 0.717) is 15.0 Å². The smallest absolute Gasteiger partial charge is 0.262 e. The van der Waals surface area contributed by atoms with Crippen molar-refractivity contribution in [3.8, 4) is 0 Å². The third-order valence-electron chi connectivity index (χ3n) is 4.28. The molecule has 11 heteroatoms. The summed E-state index contributed by atoms with van der Waals surface area (Å²) in [6, 6.07) is 2.81. The minimum absolute atomic E-state index is 0.0915. The monoisotopic (exact) mass is 432 g/mol. The Morgan fingerprint density at radius 2 is 2.17 bits per heavy atom. The number of aromatic nitrogens is 5. The average molecular weight is 433 g/mol. The van der Waals surface area contributed by atoms with Crippen molar-refractivity contribution >= 4 is 44.9 Å². The number of nitrogens with one attached hydrogen (secondary N) is 1. The fourth-order valence-corrected chi connectivity index (χ4v) is 3.76. The standard InChI is InChI=1S/C18H14ClFN6O2S/c1-25-8-10(6-23-25)4-14(16(27)24-18-21-7-15(19)29-18)26-9-22-13-3-2-11(20)5-12(13)17(26)28/h2-3,5-9,14H,4H2,1H3,(H,21,24,27). The third-order valence-corrected chi connectivity index (χ3v) is 5.31. The van der Waals surface area contributed by atoms with Gasteiger partial charge in [0.25, 0.3) is 5.56 Å². The minimum Gasteiger partial charge on any atom is -0.300 e. The first-order chi connectivity index (χ1) is 13.9. The molecule has 1 aromatic carbocycles. The highest BCUT2D eigenvalue weighted by molar-refractivity contribution is 7.19. The van der Waals surface area contributed by atoms with Crippen LogP contribution in [0.15, 0.2) is 47.9 Å². The van der Waals surface area contributed by atoms with E-state index in [2.05, 4.69) is 20.4 Å². The molecule has 1 atom stereocenters. The van der Waals surface area contributed by atoms with Crippen LogP contribution in [0.2, 0.25) is 4.34 Å². The number of fused-ring (bicyclic) bond motifs is 1. The number of hydrogen-bond donors (Lipinski definition) is 1. The van der Waals surface area contributed by atoms with E-state index in [1.54, 1.807) is 24.1 Å². The van der Waals surface area contributed by atoms with Gasteiger partial charge in [0.15, 0.2) is 5.13 Å². The highest BCUT2D eigenvalue weighted by Gasteiger charge is 2.25. The topological polar surface area (TPSA) is 94.7 Å². The summed E-state index contributed by atoms with van der Waals surface area (Å²) in [7, 11) is 1.75. The first-order valence-electron chi connectivity index (χ1n) is 8.47.